The lowest BCUT2D eigenvalue weighted by molar-refractivity contribution is -0.137. The molecule has 3 rings (SSSR count). The molecule has 1 aromatic carbocycles. The Labute approximate surface area is 176 Å². The second-order valence-corrected chi connectivity index (χ2v) is 7.50. The van der Waals surface area contributed by atoms with E-state index in [1.54, 1.807) is 32.9 Å². The number of aromatic nitrogens is 2. The molecule has 6 nitrogen and oxygen atoms in total. The summed E-state index contributed by atoms with van der Waals surface area (Å²) in [6.45, 7) is 7.01. The molecule has 0 aliphatic rings. The fourth-order valence-corrected chi connectivity index (χ4v) is 3.13. The Bertz CT molecular complexity index is 1160. The third kappa shape index (κ3) is 4.87. The predicted octanol–water partition coefficient (Wildman–Crippen LogP) is 4.51. The first kappa shape index (κ1) is 22.3. The van der Waals surface area contributed by atoms with Gasteiger partial charge in [0.05, 0.1) is 17.8 Å². The summed E-state index contributed by atoms with van der Waals surface area (Å²) in [7, 11) is 0. The number of halogens is 3. The number of carbonyl (C=O) groups excluding carboxylic acids is 1. The second-order valence-electron chi connectivity index (χ2n) is 7.50. The fraction of sp³-hybridized carbons (Fsp3) is 0.318. The lowest BCUT2D eigenvalue weighted by Gasteiger charge is -2.25. The average Bonchev–Trinajstić information content (AvgIpc) is 3.10. The Morgan fingerprint density at radius 3 is 2.45 bits per heavy atom. The average molecular weight is 433 g/mol. The summed E-state index contributed by atoms with van der Waals surface area (Å²) >= 11 is 0. The number of carbonyl (C=O) groups is 1. The van der Waals surface area contributed by atoms with Crippen molar-refractivity contribution < 1.29 is 22.4 Å². The molecule has 9 heteroatoms. The van der Waals surface area contributed by atoms with Gasteiger partial charge in [-0.25, -0.2) is 4.68 Å². The Morgan fingerprint density at radius 2 is 1.87 bits per heavy atom. The maximum absolute atomic E-state index is 13.2. The topological polar surface area (TPSA) is 68.3 Å². The normalized spacial score (nSPS) is 11.7. The van der Waals surface area contributed by atoms with Crippen LogP contribution in [0.3, 0.4) is 0 Å². The maximum atomic E-state index is 13.2. The van der Waals surface area contributed by atoms with E-state index < -0.39 is 23.1 Å². The summed E-state index contributed by atoms with van der Waals surface area (Å²) in [5.74, 6) is 0.603. The Hall–Kier alpha value is -3.36. The van der Waals surface area contributed by atoms with Crippen LogP contribution in [-0.4, -0.2) is 26.6 Å². The Kier molecular flexibility index (Phi) is 6.06. The summed E-state index contributed by atoms with van der Waals surface area (Å²) in [4.78, 5) is 27.1. The van der Waals surface area contributed by atoms with Crippen molar-refractivity contribution in [2.24, 2.45) is 0 Å². The highest BCUT2D eigenvalue weighted by Gasteiger charge is 2.31. The third-order valence-corrected chi connectivity index (χ3v) is 4.73. The minimum absolute atomic E-state index is 0.0964. The van der Waals surface area contributed by atoms with E-state index in [1.807, 2.05) is 0 Å². The molecule has 0 aliphatic heterocycles. The van der Waals surface area contributed by atoms with Crippen LogP contribution in [0.1, 0.15) is 47.1 Å². The van der Waals surface area contributed by atoms with E-state index in [0.29, 0.717) is 17.2 Å². The van der Waals surface area contributed by atoms with Gasteiger partial charge in [-0.05, 0) is 58.0 Å². The van der Waals surface area contributed by atoms with Crippen LogP contribution in [0, 0.1) is 13.8 Å². The predicted molar refractivity (Wildman–Crippen MR) is 108 cm³/mol. The molecule has 164 valence electrons. The zero-order chi connectivity index (χ0) is 22.9. The molecule has 0 unspecified atom stereocenters. The molecule has 1 amide bonds. The first-order valence-electron chi connectivity index (χ1n) is 9.62. The number of furan rings is 1. The Balaban J connectivity index is 2.04. The van der Waals surface area contributed by atoms with Gasteiger partial charge in [0.1, 0.15) is 11.5 Å². The zero-order valence-corrected chi connectivity index (χ0v) is 17.5. The van der Waals surface area contributed by atoms with Crippen molar-refractivity contribution in [1.82, 2.24) is 14.7 Å². The summed E-state index contributed by atoms with van der Waals surface area (Å²) in [5, 5.41) is 4.13. The highest BCUT2D eigenvalue weighted by Crippen LogP contribution is 2.30. The van der Waals surface area contributed by atoms with Crippen molar-refractivity contribution in [3.05, 3.63) is 81.2 Å². The quantitative estimate of drug-likeness (QED) is 0.594. The number of hydrogen-bond donors (Lipinski definition) is 0. The molecule has 0 spiro atoms. The van der Waals surface area contributed by atoms with Crippen molar-refractivity contribution in [3.8, 4) is 5.69 Å². The summed E-state index contributed by atoms with van der Waals surface area (Å²) < 4.78 is 46.0. The van der Waals surface area contributed by atoms with E-state index in [9.17, 15) is 22.8 Å². The number of hydrogen-bond acceptors (Lipinski definition) is 4. The molecule has 0 fully saturated rings. The summed E-state index contributed by atoms with van der Waals surface area (Å²) in [6.07, 6.45) is -4.53. The van der Waals surface area contributed by atoms with Gasteiger partial charge >= 0.3 is 6.18 Å². The van der Waals surface area contributed by atoms with E-state index in [1.165, 1.54) is 34.7 Å². The van der Waals surface area contributed by atoms with E-state index >= 15 is 0 Å². The van der Waals surface area contributed by atoms with Crippen molar-refractivity contribution >= 4 is 5.91 Å². The van der Waals surface area contributed by atoms with E-state index in [4.69, 9.17) is 4.42 Å². The molecule has 0 aliphatic carbocycles. The standard InChI is InChI=1S/C22H22F3N3O3/c1-13(2)27(12-18-9-8-15(4)31-18)21(30)20-19(29)10-14(3)28(26-20)17-7-5-6-16(11-17)22(23,24)25/h5-11,13H,12H2,1-4H3. The molecule has 2 aromatic heterocycles. The SMILES string of the molecule is Cc1ccc(CN(C(=O)c2nn(-c3cccc(C(F)(F)F)c3)c(C)cc2=O)C(C)C)o1. The number of rotatable bonds is 5. The molecule has 0 atom stereocenters. The molecule has 31 heavy (non-hydrogen) atoms. The molecule has 0 saturated heterocycles. The first-order valence-corrected chi connectivity index (χ1v) is 9.62. The third-order valence-electron chi connectivity index (χ3n) is 4.73. The van der Waals surface area contributed by atoms with Gasteiger partial charge in [0.25, 0.3) is 5.91 Å². The molecule has 0 N–H and O–H groups in total. The molecule has 2 heterocycles. The summed E-state index contributed by atoms with van der Waals surface area (Å²) in [6, 6.07) is 8.96. The minimum atomic E-state index is -4.53. The highest BCUT2D eigenvalue weighted by molar-refractivity contribution is 5.92. The van der Waals surface area contributed by atoms with Crippen LogP contribution in [0.4, 0.5) is 13.2 Å². The number of alkyl halides is 3. The van der Waals surface area contributed by atoms with Crippen molar-refractivity contribution in [1.29, 1.82) is 0 Å². The van der Waals surface area contributed by atoms with Crippen LogP contribution >= 0.6 is 0 Å². The largest absolute Gasteiger partial charge is 0.464 e. The van der Waals surface area contributed by atoms with Gasteiger partial charge in [0.15, 0.2) is 5.69 Å². The number of benzene rings is 1. The van der Waals surface area contributed by atoms with Gasteiger partial charge in [-0.1, -0.05) is 6.07 Å². The van der Waals surface area contributed by atoms with Crippen LogP contribution in [0.15, 0.2) is 51.7 Å². The van der Waals surface area contributed by atoms with Gasteiger partial charge in [-0.15, -0.1) is 0 Å². The van der Waals surface area contributed by atoms with Gasteiger partial charge in [-0.3, -0.25) is 9.59 Å². The van der Waals surface area contributed by atoms with Gasteiger partial charge in [-0.2, -0.15) is 18.3 Å². The van der Waals surface area contributed by atoms with Gasteiger partial charge in [0, 0.05) is 17.8 Å². The summed E-state index contributed by atoms with van der Waals surface area (Å²) in [5.41, 5.74) is -1.43. The minimum Gasteiger partial charge on any atom is -0.464 e. The first-order chi connectivity index (χ1) is 14.5. The molecular weight excluding hydrogens is 411 g/mol. The second kappa shape index (κ2) is 8.41. The van der Waals surface area contributed by atoms with Gasteiger partial charge in [0.2, 0.25) is 5.43 Å². The van der Waals surface area contributed by atoms with Crippen LogP contribution in [0.25, 0.3) is 5.69 Å². The van der Waals surface area contributed by atoms with E-state index in [-0.39, 0.29) is 24.0 Å². The van der Waals surface area contributed by atoms with Gasteiger partial charge < -0.3 is 9.32 Å². The maximum Gasteiger partial charge on any atom is 0.416 e. The van der Waals surface area contributed by atoms with E-state index in [0.717, 1.165) is 12.1 Å². The molecule has 0 radical (unpaired) electrons. The van der Waals surface area contributed by atoms with Crippen molar-refractivity contribution in [3.63, 3.8) is 0 Å². The van der Waals surface area contributed by atoms with Crippen molar-refractivity contribution in [2.75, 3.05) is 0 Å². The Morgan fingerprint density at radius 1 is 1.16 bits per heavy atom. The van der Waals surface area contributed by atoms with Crippen LogP contribution in [-0.2, 0) is 12.7 Å². The van der Waals surface area contributed by atoms with Crippen molar-refractivity contribution in [2.45, 2.75) is 46.5 Å². The lowest BCUT2D eigenvalue weighted by atomic mass is 10.2. The number of amides is 1. The van der Waals surface area contributed by atoms with E-state index in [2.05, 4.69) is 5.10 Å². The molecule has 3 aromatic rings. The lowest BCUT2D eigenvalue weighted by Crippen LogP contribution is -2.40. The molecule has 0 bridgehead atoms. The number of aryl methyl sites for hydroxylation is 2. The van der Waals surface area contributed by atoms with Crippen LogP contribution < -0.4 is 5.43 Å². The van der Waals surface area contributed by atoms with Crippen LogP contribution in [0.2, 0.25) is 0 Å². The zero-order valence-electron chi connectivity index (χ0n) is 17.5. The highest BCUT2D eigenvalue weighted by atomic mass is 19.4. The smallest absolute Gasteiger partial charge is 0.416 e. The fourth-order valence-electron chi connectivity index (χ4n) is 3.13. The molecular formula is C22H22F3N3O3. The van der Waals surface area contributed by atoms with Crippen LogP contribution in [0.5, 0.6) is 0 Å². The monoisotopic (exact) mass is 433 g/mol. The molecule has 0 saturated carbocycles. The number of nitrogens with zero attached hydrogens (tertiary/aromatic N) is 3.